The highest BCUT2D eigenvalue weighted by atomic mass is 79.9. The van der Waals surface area contributed by atoms with Gasteiger partial charge in [0.25, 0.3) is 0 Å². The van der Waals surface area contributed by atoms with Crippen molar-refractivity contribution < 1.29 is 19.1 Å². The summed E-state index contributed by atoms with van der Waals surface area (Å²) in [7, 11) is 1.55. The van der Waals surface area contributed by atoms with Crippen LogP contribution in [0.25, 0.3) is 0 Å². The van der Waals surface area contributed by atoms with E-state index in [9.17, 15) is 9.59 Å². The van der Waals surface area contributed by atoms with Crippen molar-refractivity contribution >= 4 is 27.7 Å². The standard InChI is InChI=1S/C15H19BrO4/c1-9(14(18)20-15(2,3)4)13(17)10-6-7-12(19-5)11(16)8-10/h6-9H,1-5H3. The van der Waals surface area contributed by atoms with E-state index in [0.29, 0.717) is 15.8 Å². The second-order valence-corrected chi connectivity index (χ2v) is 6.32. The first-order valence-electron chi connectivity index (χ1n) is 6.26. The minimum atomic E-state index is -0.838. The molecule has 5 heteroatoms. The largest absolute Gasteiger partial charge is 0.496 e. The van der Waals surface area contributed by atoms with Crippen LogP contribution in [-0.4, -0.2) is 24.5 Å². The third-order valence-electron chi connectivity index (χ3n) is 2.59. The zero-order valence-corrected chi connectivity index (χ0v) is 13.9. The summed E-state index contributed by atoms with van der Waals surface area (Å²) in [6, 6.07) is 4.95. The SMILES string of the molecule is COc1ccc(C(=O)C(C)C(=O)OC(C)(C)C)cc1Br. The molecular formula is C15H19BrO4. The van der Waals surface area contributed by atoms with Gasteiger partial charge in [0.2, 0.25) is 0 Å². The van der Waals surface area contributed by atoms with E-state index in [1.165, 1.54) is 0 Å². The Labute approximate surface area is 127 Å². The Morgan fingerprint density at radius 3 is 2.30 bits per heavy atom. The molecule has 0 amide bonds. The Balaban J connectivity index is 2.89. The van der Waals surface area contributed by atoms with Gasteiger partial charge in [-0.1, -0.05) is 0 Å². The van der Waals surface area contributed by atoms with Crippen molar-refractivity contribution in [1.29, 1.82) is 0 Å². The molecule has 0 aromatic heterocycles. The summed E-state index contributed by atoms with van der Waals surface area (Å²) in [6.45, 7) is 6.86. The van der Waals surface area contributed by atoms with E-state index in [0.717, 1.165) is 0 Å². The molecule has 1 rings (SSSR count). The molecule has 0 radical (unpaired) electrons. The molecular weight excluding hydrogens is 324 g/mol. The Bertz CT molecular complexity index is 517. The van der Waals surface area contributed by atoms with Crippen LogP contribution in [0.5, 0.6) is 5.75 Å². The van der Waals surface area contributed by atoms with Crippen molar-refractivity contribution in [2.24, 2.45) is 5.92 Å². The van der Waals surface area contributed by atoms with Crippen molar-refractivity contribution in [3.8, 4) is 5.75 Å². The third-order valence-corrected chi connectivity index (χ3v) is 3.21. The van der Waals surface area contributed by atoms with Crippen LogP contribution in [-0.2, 0) is 9.53 Å². The van der Waals surface area contributed by atoms with Crippen molar-refractivity contribution in [2.75, 3.05) is 7.11 Å². The van der Waals surface area contributed by atoms with Crippen molar-refractivity contribution in [1.82, 2.24) is 0 Å². The van der Waals surface area contributed by atoms with Gasteiger partial charge in [0.1, 0.15) is 17.3 Å². The summed E-state index contributed by atoms with van der Waals surface area (Å²) < 4.78 is 11.0. The van der Waals surface area contributed by atoms with Crippen molar-refractivity contribution in [3.63, 3.8) is 0 Å². The predicted octanol–water partition coefficient (Wildman–Crippen LogP) is 3.62. The fraction of sp³-hybridized carbons (Fsp3) is 0.467. The lowest BCUT2D eigenvalue weighted by Crippen LogP contribution is -2.31. The fourth-order valence-corrected chi connectivity index (χ4v) is 2.11. The molecule has 1 aromatic rings. The first-order chi connectivity index (χ1) is 9.15. The molecule has 1 atom stereocenters. The van der Waals surface area contributed by atoms with Gasteiger partial charge in [-0.3, -0.25) is 9.59 Å². The lowest BCUT2D eigenvalue weighted by Gasteiger charge is -2.21. The summed E-state index contributed by atoms with van der Waals surface area (Å²) in [5.74, 6) is -1.00. The smallest absolute Gasteiger partial charge is 0.317 e. The number of carbonyl (C=O) groups excluding carboxylic acids is 2. The molecule has 0 aliphatic rings. The van der Waals surface area contributed by atoms with Gasteiger partial charge >= 0.3 is 5.97 Å². The topological polar surface area (TPSA) is 52.6 Å². The average molecular weight is 343 g/mol. The first kappa shape index (κ1) is 16.7. The number of halogens is 1. The number of benzene rings is 1. The van der Waals surface area contributed by atoms with E-state index in [2.05, 4.69) is 15.9 Å². The van der Waals surface area contributed by atoms with Gasteiger partial charge in [0.05, 0.1) is 11.6 Å². The molecule has 0 saturated carbocycles. The lowest BCUT2D eigenvalue weighted by molar-refractivity contribution is -0.157. The van der Waals surface area contributed by atoms with Gasteiger partial charge in [-0.25, -0.2) is 0 Å². The average Bonchev–Trinajstić information content (AvgIpc) is 2.34. The Hall–Kier alpha value is -1.36. The maximum atomic E-state index is 12.3. The van der Waals surface area contributed by atoms with Gasteiger partial charge in [0, 0.05) is 5.56 Å². The van der Waals surface area contributed by atoms with E-state index in [-0.39, 0.29) is 5.78 Å². The third kappa shape index (κ3) is 4.34. The van der Waals surface area contributed by atoms with Crippen LogP contribution >= 0.6 is 15.9 Å². The number of Topliss-reactive ketones (excluding diaryl/α,β-unsaturated/α-hetero) is 1. The number of hydrogen-bond donors (Lipinski definition) is 0. The number of carbonyl (C=O) groups is 2. The molecule has 0 spiro atoms. The van der Waals surface area contributed by atoms with E-state index < -0.39 is 17.5 Å². The predicted molar refractivity (Wildman–Crippen MR) is 80.0 cm³/mol. The quantitative estimate of drug-likeness (QED) is 0.476. The normalized spacial score (nSPS) is 12.7. The van der Waals surface area contributed by atoms with Crippen molar-refractivity contribution in [3.05, 3.63) is 28.2 Å². The van der Waals surface area contributed by atoms with Crippen LogP contribution in [0.4, 0.5) is 0 Å². The van der Waals surface area contributed by atoms with Crippen molar-refractivity contribution in [2.45, 2.75) is 33.3 Å². The summed E-state index contributed by atoms with van der Waals surface area (Å²) >= 11 is 3.32. The van der Waals surface area contributed by atoms with Crippen LogP contribution in [0, 0.1) is 5.92 Å². The highest BCUT2D eigenvalue weighted by molar-refractivity contribution is 9.10. The minimum absolute atomic E-state index is 0.275. The highest BCUT2D eigenvalue weighted by Gasteiger charge is 2.28. The van der Waals surface area contributed by atoms with Crippen LogP contribution in [0.15, 0.2) is 22.7 Å². The molecule has 0 aliphatic heterocycles. The summed E-state index contributed by atoms with van der Waals surface area (Å²) in [4.78, 5) is 24.2. The second-order valence-electron chi connectivity index (χ2n) is 5.47. The maximum Gasteiger partial charge on any atom is 0.317 e. The zero-order chi connectivity index (χ0) is 15.5. The van der Waals surface area contributed by atoms with E-state index in [1.807, 2.05) is 0 Å². The van der Waals surface area contributed by atoms with Gasteiger partial charge in [-0.2, -0.15) is 0 Å². The first-order valence-corrected chi connectivity index (χ1v) is 7.05. The molecule has 4 nitrogen and oxygen atoms in total. The van der Waals surface area contributed by atoms with Crippen LogP contribution in [0.2, 0.25) is 0 Å². The second kappa shape index (κ2) is 6.39. The van der Waals surface area contributed by atoms with E-state index in [1.54, 1.807) is 53.0 Å². The summed E-state index contributed by atoms with van der Waals surface area (Å²) in [5.41, 5.74) is -0.164. The molecule has 20 heavy (non-hydrogen) atoms. The Morgan fingerprint density at radius 1 is 1.25 bits per heavy atom. The molecule has 0 aliphatic carbocycles. The van der Waals surface area contributed by atoms with E-state index in [4.69, 9.17) is 9.47 Å². The molecule has 1 aromatic carbocycles. The monoisotopic (exact) mass is 342 g/mol. The zero-order valence-electron chi connectivity index (χ0n) is 12.3. The van der Waals surface area contributed by atoms with Gasteiger partial charge in [-0.05, 0) is 61.8 Å². The minimum Gasteiger partial charge on any atom is -0.496 e. The highest BCUT2D eigenvalue weighted by Crippen LogP contribution is 2.27. The molecule has 0 heterocycles. The molecule has 0 bridgehead atoms. The molecule has 0 saturated heterocycles. The molecule has 0 N–H and O–H groups in total. The number of hydrogen-bond acceptors (Lipinski definition) is 4. The van der Waals surface area contributed by atoms with Gasteiger partial charge in [-0.15, -0.1) is 0 Å². The lowest BCUT2D eigenvalue weighted by atomic mass is 9.99. The summed E-state index contributed by atoms with van der Waals surface area (Å²) in [5, 5.41) is 0. The number of methoxy groups -OCH3 is 1. The summed E-state index contributed by atoms with van der Waals surface area (Å²) in [6.07, 6.45) is 0. The fourth-order valence-electron chi connectivity index (χ4n) is 1.57. The molecule has 110 valence electrons. The van der Waals surface area contributed by atoms with Crippen LogP contribution in [0.3, 0.4) is 0 Å². The van der Waals surface area contributed by atoms with E-state index >= 15 is 0 Å². The Kier molecular flexibility index (Phi) is 5.34. The molecule has 1 unspecified atom stereocenters. The number of ether oxygens (including phenoxy) is 2. The van der Waals surface area contributed by atoms with Crippen LogP contribution in [0.1, 0.15) is 38.1 Å². The molecule has 0 fully saturated rings. The van der Waals surface area contributed by atoms with Gasteiger partial charge in [0.15, 0.2) is 5.78 Å². The number of esters is 1. The maximum absolute atomic E-state index is 12.3. The Morgan fingerprint density at radius 2 is 1.85 bits per heavy atom. The number of ketones is 1. The van der Waals surface area contributed by atoms with Gasteiger partial charge < -0.3 is 9.47 Å². The van der Waals surface area contributed by atoms with Crippen LogP contribution < -0.4 is 4.74 Å². The number of rotatable bonds is 4.